The molecule has 24 heavy (non-hydrogen) atoms. The van der Waals surface area contributed by atoms with Crippen LogP contribution in [0.5, 0.6) is 0 Å². The lowest BCUT2D eigenvalue weighted by atomic mass is 10.1. The van der Waals surface area contributed by atoms with Crippen LogP contribution < -0.4 is 5.73 Å². The number of nitrogens with two attached hydrogens (primary N) is 1. The van der Waals surface area contributed by atoms with Gasteiger partial charge in [-0.15, -0.1) is 0 Å². The first kappa shape index (κ1) is 17.8. The number of halogens is 1. The maximum absolute atomic E-state index is 14.7. The Balaban J connectivity index is 2.25. The number of nitrogens with one attached hydrogen (secondary N) is 1. The molecule has 1 unspecified atom stereocenters. The van der Waals surface area contributed by atoms with E-state index >= 15 is 0 Å². The Morgan fingerprint density at radius 2 is 2.08 bits per heavy atom. The lowest BCUT2D eigenvalue weighted by Crippen LogP contribution is -2.47. The van der Waals surface area contributed by atoms with Crippen LogP contribution in [0.1, 0.15) is 36.3 Å². The second-order valence-electron chi connectivity index (χ2n) is 5.09. The molecule has 1 saturated heterocycles. The highest BCUT2D eigenvalue weighted by molar-refractivity contribution is 5.85. The third-order valence-corrected chi connectivity index (χ3v) is 3.24. The van der Waals surface area contributed by atoms with E-state index in [4.69, 9.17) is 25.1 Å². The number of hydrogen-bond acceptors (Lipinski definition) is 8. The highest BCUT2D eigenvalue weighted by Gasteiger charge is 2.52. The minimum Gasteiger partial charge on any atom is -0.476 e. The molecule has 0 bridgehead atoms. The van der Waals surface area contributed by atoms with E-state index in [0.29, 0.717) is 0 Å². The van der Waals surface area contributed by atoms with Gasteiger partial charge < -0.3 is 24.3 Å². The maximum Gasteiger partial charge on any atom is 0.356 e. The van der Waals surface area contributed by atoms with Crippen molar-refractivity contribution in [2.75, 3.05) is 0 Å². The zero-order chi connectivity index (χ0) is 18.0. The first-order valence-electron chi connectivity index (χ1n) is 6.89. The summed E-state index contributed by atoms with van der Waals surface area (Å²) in [6.45, 7) is 2.18. The summed E-state index contributed by atoms with van der Waals surface area (Å²) >= 11 is 0. The van der Waals surface area contributed by atoms with Crippen LogP contribution in [0.2, 0.25) is 0 Å². The predicted octanol–water partition coefficient (Wildman–Crippen LogP) is -0.334. The van der Waals surface area contributed by atoms with Gasteiger partial charge in [0.1, 0.15) is 11.9 Å². The molecule has 1 aromatic rings. The average molecular weight is 345 g/mol. The standard InChI is InChI=1S/C13H16FN3O7/c1-4(18)22-8-7(14)9(12-16-3-6(17-12)13(20)21)24-10(8)11(15)23-5(2)19/h3,7-11H,15H2,1-2H3,(H,16,17)(H,20,21)/t7-,8+,9-,10+,11?/m1/s1. The van der Waals surface area contributed by atoms with Gasteiger partial charge in [0.05, 0.1) is 0 Å². The van der Waals surface area contributed by atoms with Crippen LogP contribution in [0.15, 0.2) is 6.20 Å². The largest absolute Gasteiger partial charge is 0.476 e. The predicted molar refractivity (Wildman–Crippen MR) is 73.4 cm³/mol. The summed E-state index contributed by atoms with van der Waals surface area (Å²) in [6.07, 6.45) is -6.31. The molecule has 132 valence electrons. The first-order chi connectivity index (χ1) is 11.2. The van der Waals surface area contributed by atoms with Crippen molar-refractivity contribution < 1.29 is 38.1 Å². The number of aromatic amines is 1. The molecule has 0 spiro atoms. The molecular formula is C13H16FN3O7. The van der Waals surface area contributed by atoms with Crippen molar-refractivity contribution in [3.8, 4) is 0 Å². The van der Waals surface area contributed by atoms with Gasteiger partial charge >= 0.3 is 17.9 Å². The number of hydrogen-bond donors (Lipinski definition) is 3. The van der Waals surface area contributed by atoms with Crippen LogP contribution in [-0.4, -0.2) is 57.6 Å². The summed E-state index contributed by atoms with van der Waals surface area (Å²) in [7, 11) is 0. The molecular weight excluding hydrogens is 329 g/mol. The number of aromatic nitrogens is 2. The van der Waals surface area contributed by atoms with Crippen molar-refractivity contribution in [3.05, 3.63) is 17.7 Å². The second-order valence-corrected chi connectivity index (χ2v) is 5.09. The first-order valence-corrected chi connectivity index (χ1v) is 6.89. The third kappa shape index (κ3) is 3.68. The van der Waals surface area contributed by atoms with Crippen molar-refractivity contribution in [3.63, 3.8) is 0 Å². The fourth-order valence-electron chi connectivity index (χ4n) is 2.33. The van der Waals surface area contributed by atoms with Crippen LogP contribution in [0.25, 0.3) is 0 Å². The molecule has 10 nitrogen and oxygen atoms in total. The monoisotopic (exact) mass is 345 g/mol. The molecule has 2 heterocycles. The van der Waals surface area contributed by atoms with Gasteiger partial charge in [0.25, 0.3) is 0 Å². The summed E-state index contributed by atoms with van der Waals surface area (Å²) in [5.41, 5.74) is 5.32. The molecule has 0 radical (unpaired) electrons. The lowest BCUT2D eigenvalue weighted by Gasteiger charge is -2.23. The van der Waals surface area contributed by atoms with Gasteiger partial charge in [0.15, 0.2) is 30.3 Å². The third-order valence-electron chi connectivity index (χ3n) is 3.24. The number of imidazole rings is 1. The Bertz CT molecular complexity index is 649. The number of carbonyl (C=O) groups is 3. The molecule has 5 atom stereocenters. The lowest BCUT2D eigenvalue weighted by molar-refractivity contribution is -0.164. The molecule has 1 aliphatic heterocycles. The number of alkyl halides is 1. The van der Waals surface area contributed by atoms with E-state index in [1.165, 1.54) is 0 Å². The topological polar surface area (TPSA) is 154 Å². The molecule has 1 fully saturated rings. The SMILES string of the molecule is CC(=O)OC(N)[C@H]1O[C@@H](c2nc(C(=O)O)c[nH]2)[C@H](F)[C@@H]1OC(C)=O. The van der Waals surface area contributed by atoms with E-state index in [9.17, 15) is 18.8 Å². The Hall–Kier alpha value is -2.53. The van der Waals surface area contributed by atoms with Crippen LogP contribution in [0.3, 0.4) is 0 Å². The highest BCUT2D eigenvalue weighted by Crippen LogP contribution is 2.37. The molecule has 1 aromatic heterocycles. The van der Waals surface area contributed by atoms with Gasteiger partial charge in [-0.05, 0) is 0 Å². The Morgan fingerprint density at radius 1 is 1.42 bits per heavy atom. The van der Waals surface area contributed by atoms with E-state index in [1.807, 2.05) is 0 Å². The van der Waals surface area contributed by atoms with Gasteiger partial charge in [-0.3, -0.25) is 15.3 Å². The second kappa shape index (κ2) is 6.93. The van der Waals surface area contributed by atoms with E-state index in [2.05, 4.69) is 9.97 Å². The van der Waals surface area contributed by atoms with Gasteiger partial charge in [-0.2, -0.15) is 0 Å². The summed E-state index contributed by atoms with van der Waals surface area (Å²) in [5.74, 6) is -2.93. The molecule has 1 aliphatic rings. The zero-order valence-electron chi connectivity index (χ0n) is 12.8. The maximum atomic E-state index is 14.7. The average Bonchev–Trinajstić information content (AvgIpc) is 3.04. The smallest absolute Gasteiger partial charge is 0.356 e. The van der Waals surface area contributed by atoms with Crippen molar-refractivity contribution in [2.45, 2.75) is 44.6 Å². The Morgan fingerprint density at radius 3 is 2.58 bits per heavy atom. The minimum atomic E-state index is -1.90. The number of rotatable bonds is 5. The van der Waals surface area contributed by atoms with Gasteiger partial charge in [0, 0.05) is 20.0 Å². The van der Waals surface area contributed by atoms with E-state index in [0.717, 1.165) is 20.0 Å². The van der Waals surface area contributed by atoms with E-state index < -0.39 is 48.6 Å². The van der Waals surface area contributed by atoms with Crippen molar-refractivity contribution in [1.82, 2.24) is 9.97 Å². The molecule has 11 heteroatoms. The fraction of sp³-hybridized carbons (Fsp3) is 0.538. The molecule has 0 amide bonds. The number of H-pyrrole nitrogens is 1. The van der Waals surface area contributed by atoms with E-state index in [-0.39, 0.29) is 11.5 Å². The van der Waals surface area contributed by atoms with Gasteiger partial charge in [-0.25, -0.2) is 14.2 Å². The summed E-state index contributed by atoms with van der Waals surface area (Å²) in [5, 5.41) is 8.85. The van der Waals surface area contributed by atoms with Crippen LogP contribution in [0, 0.1) is 0 Å². The summed E-state index contributed by atoms with van der Waals surface area (Å²) < 4.78 is 29.7. The zero-order valence-corrected chi connectivity index (χ0v) is 12.8. The number of ether oxygens (including phenoxy) is 3. The van der Waals surface area contributed by atoms with Crippen LogP contribution >= 0.6 is 0 Å². The summed E-state index contributed by atoms with van der Waals surface area (Å²) in [6, 6.07) is 0. The minimum absolute atomic E-state index is 0.116. The molecule has 0 aliphatic carbocycles. The quantitative estimate of drug-likeness (QED) is 0.480. The number of aromatic carboxylic acids is 1. The highest BCUT2D eigenvalue weighted by atomic mass is 19.1. The number of carboxylic acids is 1. The Kier molecular flexibility index (Phi) is 5.14. The number of carbonyl (C=O) groups excluding carboxylic acids is 2. The van der Waals surface area contributed by atoms with Crippen molar-refractivity contribution in [1.29, 1.82) is 0 Å². The number of nitrogens with zero attached hydrogens (tertiary/aromatic N) is 1. The van der Waals surface area contributed by atoms with Crippen LogP contribution in [-0.2, 0) is 23.8 Å². The van der Waals surface area contributed by atoms with Crippen LogP contribution in [0.4, 0.5) is 4.39 Å². The molecule has 0 saturated carbocycles. The van der Waals surface area contributed by atoms with Gasteiger partial charge in [0.2, 0.25) is 0 Å². The molecule has 2 rings (SSSR count). The van der Waals surface area contributed by atoms with Gasteiger partial charge in [-0.1, -0.05) is 0 Å². The van der Waals surface area contributed by atoms with Crippen molar-refractivity contribution >= 4 is 17.9 Å². The molecule has 4 N–H and O–H groups in total. The fourth-order valence-corrected chi connectivity index (χ4v) is 2.33. The normalized spacial score (nSPS) is 27.5. The molecule has 0 aromatic carbocycles. The van der Waals surface area contributed by atoms with E-state index in [1.54, 1.807) is 0 Å². The number of carboxylic acid groups (broad SMARTS) is 1. The number of esters is 2. The Labute approximate surface area is 135 Å². The van der Waals surface area contributed by atoms with Crippen molar-refractivity contribution in [2.24, 2.45) is 5.73 Å². The summed E-state index contributed by atoms with van der Waals surface area (Å²) in [4.78, 5) is 39.2.